The van der Waals surface area contributed by atoms with Crippen molar-refractivity contribution in [3.05, 3.63) is 76.5 Å². The van der Waals surface area contributed by atoms with E-state index in [9.17, 15) is 9.59 Å². The monoisotopic (exact) mass is 469 g/mol. The fraction of sp³-hybridized carbons (Fsp3) is 0.308. The van der Waals surface area contributed by atoms with Crippen molar-refractivity contribution in [3.63, 3.8) is 0 Å². The molecular weight excluding hydrogens is 442 g/mol. The van der Waals surface area contributed by atoms with Crippen LogP contribution in [0.3, 0.4) is 0 Å². The third-order valence-corrected chi connectivity index (χ3v) is 5.96. The molecule has 7 heteroatoms. The number of fused-ring (bicyclic) bond motifs is 1. The van der Waals surface area contributed by atoms with Crippen LogP contribution in [0.15, 0.2) is 49.1 Å². The number of esters is 2. The SMILES string of the molecule is C=CCOC(=O)c1ccc2c(c1)c(C)c(C)n2Cc1ccc(Cl)c(O[C@@H](CC)C(=O)OC)c1. The molecule has 3 aromatic rings. The zero-order chi connectivity index (χ0) is 24.1. The Morgan fingerprint density at radius 3 is 2.61 bits per heavy atom. The van der Waals surface area contributed by atoms with Gasteiger partial charge in [-0.05, 0) is 61.7 Å². The van der Waals surface area contributed by atoms with Gasteiger partial charge in [0.05, 0.1) is 17.7 Å². The fourth-order valence-electron chi connectivity index (χ4n) is 3.70. The van der Waals surface area contributed by atoms with Gasteiger partial charge in [-0.1, -0.05) is 37.2 Å². The van der Waals surface area contributed by atoms with Gasteiger partial charge in [-0.2, -0.15) is 0 Å². The highest BCUT2D eigenvalue weighted by atomic mass is 35.5. The number of nitrogens with zero attached hydrogens (tertiary/aromatic N) is 1. The Labute approximate surface area is 198 Å². The van der Waals surface area contributed by atoms with Crippen molar-refractivity contribution in [2.75, 3.05) is 13.7 Å². The molecule has 0 unspecified atom stereocenters. The lowest BCUT2D eigenvalue weighted by Crippen LogP contribution is -2.27. The summed E-state index contributed by atoms with van der Waals surface area (Å²) in [5.41, 5.74) is 4.64. The molecule has 0 saturated heterocycles. The number of aromatic nitrogens is 1. The molecular formula is C26H28ClNO5. The molecule has 1 atom stereocenters. The summed E-state index contributed by atoms with van der Waals surface area (Å²) in [6.07, 6.45) is 1.28. The molecule has 6 nitrogen and oxygen atoms in total. The number of carbonyl (C=O) groups is 2. The van der Waals surface area contributed by atoms with E-state index in [0.717, 1.165) is 27.7 Å². The molecule has 0 N–H and O–H groups in total. The normalized spacial score (nSPS) is 11.8. The van der Waals surface area contributed by atoms with Crippen LogP contribution in [0.4, 0.5) is 0 Å². The number of benzene rings is 2. The third kappa shape index (κ3) is 5.22. The van der Waals surface area contributed by atoms with Gasteiger partial charge in [0.15, 0.2) is 6.10 Å². The Balaban J connectivity index is 1.93. The van der Waals surface area contributed by atoms with Crippen LogP contribution in [-0.2, 0) is 20.8 Å². The van der Waals surface area contributed by atoms with Gasteiger partial charge < -0.3 is 18.8 Å². The van der Waals surface area contributed by atoms with E-state index >= 15 is 0 Å². The summed E-state index contributed by atoms with van der Waals surface area (Å²) < 4.78 is 18.0. The molecule has 0 spiro atoms. The first kappa shape index (κ1) is 24.4. The quantitative estimate of drug-likeness (QED) is 0.300. The summed E-state index contributed by atoms with van der Waals surface area (Å²) in [7, 11) is 1.33. The molecule has 0 amide bonds. The molecule has 174 valence electrons. The van der Waals surface area contributed by atoms with E-state index in [1.54, 1.807) is 18.2 Å². The average Bonchev–Trinajstić information content (AvgIpc) is 3.06. The lowest BCUT2D eigenvalue weighted by atomic mass is 10.1. The molecule has 0 radical (unpaired) electrons. The summed E-state index contributed by atoms with van der Waals surface area (Å²) in [5, 5.41) is 1.41. The van der Waals surface area contributed by atoms with Crippen LogP contribution in [0.1, 0.15) is 40.5 Å². The van der Waals surface area contributed by atoms with Gasteiger partial charge in [-0.25, -0.2) is 9.59 Å². The maximum Gasteiger partial charge on any atom is 0.347 e. The molecule has 0 fully saturated rings. The van der Waals surface area contributed by atoms with Gasteiger partial charge in [0.1, 0.15) is 12.4 Å². The highest BCUT2D eigenvalue weighted by molar-refractivity contribution is 6.32. The first-order chi connectivity index (χ1) is 15.8. The van der Waals surface area contributed by atoms with Crippen molar-refractivity contribution in [3.8, 4) is 5.75 Å². The number of halogens is 1. The van der Waals surface area contributed by atoms with Crippen LogP contribution in [0.5, 0.6) is 5.75 Å². The van der Waals surface area contributed by atoms with Crippen molar-refractivity contribution in [2.24, 2.45) is 0 Å². The van der Waals surface area contributed by atoms with E-state index in [-0.39, 0.29) is 12.6 Å². The molecule has 1 heterocycles. The number of hydrogen-bond acceptors (Lipinski definition) is 5. The topological polar surface area (TPSA) is 66.8 Å². The molecule has 3 rings (SSSR count). The first-order valence-electron chi connectivity index (χ1n) is 10.7. The Morgan fingerprint density at radius 2 is 1.94 bits per heavy atom. The molecule has 33 heavy (non-hydrogen) atoms. The third-order valence-electron chi connectivity index (χ3n) is 5.65. The standard InChI is InChI=1S/C26H28ClNO5/c1-6-12-32-25(29)19-9-11-22-20(14-19)16(3)17(4)28(22)15-18-8-10-21(27)24(13-18)33-23(7-2)26(30)31-5/h6,8-11,13-14,23H,1,7,12,15H2,2-5H3/t23-/m0/s1. The predicted molar refractivity (Wildman–Crippen MR) is 129 cm³/mol. The number of aryl methyl sites for hydroxylation is 1. The summed E-state index contributed by atoms with van der Waals surface area (Å²) in [6, 6.07) is 11.1. The fourth-order valence-corrected chi connectivity index (χ4v) is 3.86. The second-order valence-corrected chi connectivity index (χ2v) is 8.13. The zero-order valence-electron chi connectivity index (χ0n) is 19.3. The molecule has 0 saturated carbocycles. The lowest BCUT2D eigenvalue weighted by molar-refractivity contribution is -0.148. The minimum Gasteiger partial charge on any atom is -0.477 e. The van der Waals surface area contributed by atoms with E-state index in [4.69, 9.17) is 25.8 Å². The molecule has 0 aliphatic heterocycles. The van der Waals surface area contributed by atoms with E-state index in [1.807, 2.05) is 45.0 Å². The second kappa shape index (κ2) is 10.6. The Hall–Kier alpha value is -3.25. The number of methoxy groups -OCH3 is 1. The van der Waals surface area contributed by atoms with Crippen molar-refractivity contribution < 1.29 is 23.8 Å². The van der Waals surface area contributed by atoms with Gasteiger partial charge >= 0.3 is 11.9 Å². The van der Waals surface area contributed by atoms with E-state index < -0.39 is 12.1 Å². The second-order valence-electron chi connectivity index (χ2n) is 7.72. The van der Waals surface area contributed by atoms with Crippen molar-refractivity contribution in [1.82, 2.24) is 4.57 Å². The van der Waals surface area contributed by atoms with Gasteiger partial charge in [0.25, 0.3) is 0 Å². The minimum absolute atomic E-state index is 0.172. The molecule has 2 aromatic carbocycles. The van der Waals surface area contributed by atoms with Crippen LogP contribution in [0.2, 0.25) is 5.02 Å². The van der Waals surface area contributed by atoms with Crippen molar-refractivity contribution >= 4 is 34.4 Å². The Bertz CT molecular complexity index is 1200. The lowest BCUT2D eigenvalue weighted by Gasteiger charge is -2.17. The van der Waals surface area contributed by atoms with Crippen LogP contribution in [-0.4, -0.2) is 36.3 Å². The maximum absolute atomic E-state index is 12.3. The number of ether oxygens (including phenoxy) is 3. The largest absolute Gasteiger partial charge is 0.477 e. The first-order valence-corrected chi connectivity index (χ1v) is 11.1. The number of hydrogen-bond donors (Lipinski definition) is 0. The van der Waals surface area contributed by atoms with Gasteiger partial charge in [-0.3, -0.25) is 0 Å². The summed E-state index contributed by atoms with van der Waals surface area (Å²) >= 11 is 6.33. The van der Waals surface area contributed by atoms with E-state index in [1.165, 1.54) is 7.11 Å². The van der Waals surface area contributed by atoms with Crippen LogP contribution in [0, 0.1) is 13.8 Å². The van der Waals surface area contributed by atoms with E-state index in [2.05, 4.69) is 11.1 Å². The van der Waals surface area contributed by atoms with Crippen molar-refractivity contribution in [1.29, 1.82) is 0 Å². The Kier molecular flexibility index (Phi) is 7.82. The van der Waals surface area contributed by atoms with Crippen LogP contribution in [0.25, 0.3) is 10.9 Å². The highest BCUT2D eigenvalue weighted by Gasteiger charge is 2.21. The maximum atomic E-state index is 12.3. The van der Waals surface area contributed by atoms with Crippen LogP contribution >= 0.6 is 11.6 Å². The van der Waals surface area contributed by atoms with Gasteiger partial charge in [0.2, 0.25) is 0 Å². The highest BCUT2D eigenvalue weighted by Crippen LogP contribution is 2.31. The molecule has 0 bridgehead atoms. The van der Waals surface area contributed by atoms with Crippen molar-refractivity contribution in [2.45, 2.75) is 39.8 Å². The number of carbonyl (C=O) groups excluding carboxylic acids is 2. The smallest absolute Gasteiger partial charge is 0.347 e. The summed E-state index contributed by atoms with van der Waals surface area (Å²) in [6.45, 7) is 10.2. The van der Waals surface area contributed by atoms with Crippen LogP contribution < -0.4 is 4.74 Å². The van der Waals surface area contributed by atoms with Gasteiger partial charge in [0, 0.05) is 23.1 Å². The summed E-state index contributed by atoms with van der Waals surface area (Å²) in [4.78, 5) is 24.2. The molecule has 0 aliphatic rings. The number of rotatable bonds is 9. The summed E-state index contributed by atoms with van der Waals surface area (Å²) in [5.74, 6) is -0.383. The molecule has 1 aromatic heterocycles. The average molecular weight is 470 g/mol. The van der Waals surface area contributed by atoms with Gasteiger partial charge in [-0.15, -0.1) is 0 Å². The predicted octanol–water partition coefficient (Wildman–Crippen LogP) is 5.63. The Morgan fingerprint density at radius 1 is 1.18 bits per heavy atom. The zero-order valence-corrected chi connectivity index (χ0v) is 20.1. The minimum atomic E-state index is -0.724. The molecule has 0 aliphatic carbocycles. The van der Waals surface area contributed by atoms with E-state index in [0.29, 0.717) is 29.3 Å².